The van der Waals surface area contributed by atoms with Gasteiger partial charge in [0.05, 0.1) is 10.6 Å². The predicted molar refractivity (Wildman–Crippen MR) is 119 cm³/mol. The average Bonchev–Trinajstić information content (AvgIpc) is 2.67. The molecule has 1 saturated heterocycles. The summed E-state index contributed by atoms with van der Waals surface area (Å²) >= 11 is 0. The first-order valence-electron chi connectivity index (χ1n) is 10.5. The van der Waals surface area contributed by atoms with Gasteiger partial charge in [-0.1, -0.05) is 52.7 Å². The number of sulfonamides is 1. The molecule has 2 rings (SSSR count). The fraction of sp³-hybridized carbons (Fsp3) is 0.667. The number of amides is 1. The number of nitrogens with zero attached hydrogens (tertiary/aromatic N) is 2. The van der Waals surface area contributed by atoms with Crippen LogP contribution in [-0.4, -0.2) is 69.6 Å². The highest BCUT2D eigenvalue weighted by Crippen LogP contribution is 2.25. The quantitative estimate of drug-likeness (QED) is 0.558. The molecule has 1 amide bonds. The molecular weight excluding hydrogens is 424 g/mol. The summed E-state index contributed by atoms with van der Waals surface area (Å²) in [6, 6.07) is 6.90. The van der Waals surface area contributed by atoms with Crippen LogP contribution < -0.4 is 0 Å². The first-order valence-corrected chi connectivity index (χ1v) is 13.7. The Morgan fingerprint density at radius 1 is 0.933 bits per heavy atom. The fourth-order valence-electron chi connectivity index (χ4n) is 3.38. The zero-order valence-corrected chi connectivity index (χ0v) is 20.1. The van der Waals surface area contributed by atoms with Crippen LogP contribution in [0.5, 0.6) is 0 Å². The molecule has 1 aliphatic rings. The highest BCUT2D eigenvalue weighted by molar-refractivity contribution is 7.92. The van der Waals surface area contributed by atoms with E-state index in [-0.39, 0.29) is 42.2 Å². The topological polar surface area (TPSA) is 91.8 Å². The van der Waals surface area contributed by atoms with Gasteiger partial charge in [0, 0.05) is 26.2 Å². The molecule has 0 spiro atoms. The summed E-state index contributed by atoms with van der Waals surface area (Å²) in [7, 11) is -7.07. The maximum Gasteiger partial charge on any atom is 0.243 e. The van der Waals surface area contributed by atoms with Gasteiger partial charge in [0.2, 0.25) is 15.9 Å². The average molecular weight is 459 g/mol. The lowest BCUT2D eigenvalue weighted by molar-refractivity contribution is -0.129. The molecule has 1 heterocycles. The Morgan fingerprint density at radius 2 is 1.50 bits per heavy atom. The van der Waals surface area contributed by atoms with Gasteiger partial charge in [0.25, 0.3) is 0 Å². The van der Waals surface area contributed by atoms with E-state index in [0.29, 0.717) is 6.42 Å². The van der Waals surface area contributed by atoms with Gasteiger partial charge < -0.3 is 4.90 Å². The Kier molecular flexibility index (Phi) is 8.09. The van der Waals surface area contributed by atoms with E-state index < -0.39 is 31.5 Å². The van der Waals surface area contributed by atoms with E-state index in [2.05, 4.69) is 20.8 Å². The first-order chi connectivity index (χ1) is 13.9. The third-order valence-corrected chi connectivity index (χ3v) is 8.86. The number of carbonyl (C=O) groups is 1. The molecule has 0 aliphatic carbocycles. The summed E-state index contributed by atoms with van der Waals surface area (Å²) in [5, 5.41) is 0. The van der Waals surface area contributed by atoms with Crippen molar-refractivity contribution in [3.63, 3.8) is 0 Å². The van der Waals surface area contributed by atoms with Crippen molar-refractivity contribution in [2.75, 3.05) is 37.7 Å². The second kappa shape index (κ2) is 9.78. The fourth-order valence-corrected chi connectivity index (χ4v) is 6.15. The maximum absolute atomic E-state index is 12.9. The predicted octanol–water partition coefficient (Wildman–Crippen LogP) is 2.42. The van der Waals surface area contributed by atoms with Crippen LogP contribution in [0.2, 0.25) is 0 Å². The van der Waals surface area contributed by atoms with Crippen molar-refractivity contribution >= 4 is 25.8 Å². The minimum Gasteiger partial charge on any atom is -0.339 e. The molecule has 170 valence electrons. The normalized spacial score (nSPS) is 16.6. The molecular formula is C21H34N2O5S2. The Balaban J connectivity index is 1.96. The molecule has 1 aromatic carbocycles. The lowest BCUT2D eigenvalue weighted by atomic mass is 9.87. The lowest BCUT2D eigenvalue weighted by Gasteiger charge is -2.34. The summed E-state index contributed by atoms with van der Waals surface area (Å²) in [6.07, 6.45) is 2.30. The van der Waals surface area contributed by atoms with Gasteiger partial charge in [-0.15, -0.1) is 0 Å². The van der Waals surface area contributed by atoms with Crippen LogP contribution in [0.3, 0.4) is 0 Å². The van der Waals surface area contributed by atoms with E-state index >= 15 is 0 Å². The summed E-state index contributed by atoms with van der Waals surface area (Å²) in [4.78, 5) is 14.1. The van der Waals surface area contributed by atoms with E-state index in [9.17, 15) is 21.6 Å². The minimum absolute atomic E-state index is 0.0193. The molecule has 0 atom stereocenters. The van der Waals surface area contributed by atoms with E-state index in [4.69, 9.17) is 0 Å². The molecule has 0 N–H and O–H groups in total. The Bertz CT molecular complexity index is 925. The number of carbonyl (C=O) groups excluding carboxylic acids is 1. The molecule has 1 fully saturated rings. The minimum atomic E-state index is -3.65. The Labute approximate surface area is 181 Å². The second-order valence-corrected chi connectivity index (χ2v) is 13.0. The largest absolute Gasteiger partial charge is 0.339 e. The highest BCUT2D eigenvalue weighted by Gasteiger charge is 2.31. The highest BCUT2D eigenvalue weighted by atomic mass is 32.2. The van der Waals surface area contributed by atoms with Gasteiger partial charge in [-0.05, 0) is 29.5 Å². The van der Waals surface area contributed by atoms with Crippen molar-refractivity contribution in [2.45, 2.75) is 57.3 Å². The van der Waals surface area contributed by atoms with Crippen LogP contribution in [0.15, 0.2) is 29.2 Å². The lowest BCUT2D eigenvalue weighted by Crippen LogP contribution is -2.51. The monoisotopic (exact) mass is 458 g/mol. The van der Waals surface area contributed by atoms with E-state index in [0.717, 1.165) is 18.4 Å². The third kappa shape index (κ3) is 6.52. The molecule has 1 aliphatic heterocycles. The summed E-state index contributed by atoms with van der Waals surface area (Å²) in [5.74, 6) is -0.929. The standard InChI is InChI=1S/C21H34N2O5S2/c1-5-6-7-16-29(25,26)17-20(24)22-12-14-23(15-13-22)30(27,28)19-10-8-18(9-11-19)21(2,3)4/h8-11H,5-7,12-17H2,1-4H3. The van der Waals surface area contributed by atoms with Crippen LogP contribution in [0.1, 0.15) is 52.5 Å². The van der Waals surface area contributed by atoms with Crippen molar-refractivity contribution < 1.29 is 21.6 Å². The van der Waals surface area contributed by atoms with Gasteiger partial charge in [-0.25, -0.2) is 16.8 Å². The molecule has 1 aromatic rings. The Hall–Kier alpha value is -1.45. The molecule has 0 bridgehead atoms. The van der Waals surface area contributed by atoms with Crippen LogP contribution in [-0.2, 0) is 30.1 Å². The molecule has 7 nitrogen and oxygen atoms in total. The van der Waals surface area contributed by atoms with Gasteiger partial charge in [0.15, 0.2) is 9.84 Å². The van der Waals surface area contributed by atoms with E-state index in [1.54, 1.807) is 12.1 Å². The SMILES string of the molecule is CCCCCS(=O)(=O)CC(=O)N1CCN(S(=O)(=O)c2ccc(C(C)(C)C)cc2)CC1. The summed E-state index contributed by atoms with van der Waals surface area (Å²) < 4.78 is 51.4. The van der Waals surface area contributed by atoms with Crippen molar-refractivity contribution in [2.24, 2.45) is 0 Å². The number of unbranched alkanes of at least 4 members (excludes halogenated alkanes) is 2. The number of sulfone groups is 1. The summed E-state index contributed by atoms with van der Waals surface area (Å²) in [5.41, 5.74) is 0.988. The molecule has 0 radical (unpaired) electrons. The number of hydrogen-bond acceptors (Lipinski definition) is 5. The van der Waals surface area contributed by atoms with Gasteiger partial charge in [0.1, 0.15) is 5.75 Å². The number of rotatable bonds is 8. The number of hydrogen-bond donors (Lipinski definition) is 0. The summed E-state index contributed by atoms with van der Waals surface area (Å²) in [6.45, 7) is 8.90. The van der Waals surface area contributed by atoms with Crippen LogP contribution in [0.25, 0.3) is 0 Å². The van der Waals surface area contributed by atoms with Crippen LogP contribution in [0, 0.1) is 0 Å². The zero-order valence-electron chi connectivity index (χ0n) is 18.4. The zero-order chi connectivity index (χ0) is 22.6. The van der Waals surface area contributed by atoms with Gasteiger partial charge in [-0.2, -0.15) is 4.31 Å². The first kappa shape index (κ1) is 24.8. The van der Waals surface area contributed by atoms with Crippen molar-refractivity contribution in [3.05, 3.63) is 29.8 Å². The number of benzene rings is 1. The second-order valence-electron chi connectivity index (χ2n) is 8.86. The molecule has 0 saturated carbocycles. The Morgan fingerprint density at radius 3 is 2.00 bits per heavy atom. The van der Waals surface area contributed by atoms with Crippen molar-refractivity contribution in [1.82, 2.24) is 9.21 Å². The maximum atomic E-state index is 12.9. The number of piperazine rings is 1. The molecule has 0 aromatic heterocycles. The molecule has 9 heteroatoms. The van der Waals surface area contributed by atoms with Gasteiger partial charge in [-0.3, -0.25) is 4.79 Å². The third-order valence-electron chi connectivity index (χ3n) is 5.35. The van der Waals surface area contributed by atoms with E-state index in [1.165, 1.54) is 9.21 Å². The van der Waals surface area contributed by atoms with Crippen LogP contribution in [0.4, 0.5) is 0 Å². The molecule has 0 unspecified atom stereocenters. The molecule has 30 heavy (non-hydrogen) atoms. The van der Waals surface area contributed by atoms with Crippen molar-refractivity contribution in [1.29, 1.82) is 0 Å². The van der Waals surface area contributed by atoms with Gasteiger partial charge >= 0.3 is 0 Å². The smallest absolute Gasteiger partial charge is 0.243 e. The van der Waals surface area contributed by atoms with Crippen molar-refractivity contribution in [3.8, 4) is 0 Å². The van der Waals surface area contributed by atoms with E-state index in [1.807, 2.05) is 19.1 Å². The van der Waals surface area contributed by atoms with Crippen LogP contribution >= 0.6 is 0 Å².